The number of carboxylic acids is 1. The number of hydrogen-bond donors (Lipinski definition) is 1. The summed E-state index contributed by atoms with van der Waals surface area (Å²) < 4.78 is 15.0. The van der Waals surface area contributed by atoms with Gasteiger partial charge in [0.1, 0.15) is 17.2 Å². The van der Waals surface area contributed by atoms with Gasteiger partial charge in [-0.25, -0.2) is 13.9 Å². The van der Waals surface area contributed by atoms with Crippen LogP contribution >= 0.6 is 0 Å². The van der Waals surface area contributed by atoms with Gasteiger partial charge < -0.3 is 5.11 Å². The van der Waals surface area contributed by atoms with Crippen molar-refractivity contribution in [1.29, 1.82) is 0 Å². The van der Waals surface area contributed by atoms with Gasteiger partial charge in [-0.3, -0.25) is 0 Å². The zero-order chi connectivity index (χ0) is 14.8. The summed E-state index contributed by atoms with van der Waals surface area (Å²) in [4.78, 5) is 10.8. The molecule has 21 heavy (non-hydrogen) atoms. The van der Waals surface area contributed by atoms with E-state index in [1.807, 2.05) is 0 Å². The topological polar surface area (TPSA) is 68.0 Å². The van der Waals surface area contributed by atoms with Crippen LogP contribution in [0, 0.1) is 5.82 Å². The number of carbonyl (C=O) groups is 1. The van der Waals surface area contributed by atoms with Crippen LogP contribution in [0.15, 0.2) is 54.7 Å². The zero-order valence-corrected chi connectivity index (χ0v) is 10.8. The molecule has 0 aliphatic rings. The van der Waals surface area contributed by atoms with Crippen LogP contribution in [0.3, 0.4) is 0 Å². The average molecular weight is 283 g/mol. The summed E-state index contributed by atoms with van der Waals surface area (Å²) in [5.41, 5.74) is 1.75. The fourth-order valence-corrected chi connectivity index (χ4v) is 1.93. The lowest BCUT2D eigenvalue weighted by atomic mass is 10.1. The lowest BCUT2D eigenvalue weighted by molar-refractivity contribution is 0.0697. The van der Waals surface area contributed by atoms with E-state index in [1.165, 1.54) is 22.9 Å². The summed E-state index contributed by atoms with van der Waals surface area (Å²) in [6, 6.07) is 12.5. The summed E-state index contributed by atoms with van der Waals surface area (Å²) in [5.74, 6) is -1.38. The SMILES string of the molecule is O=C(O)c1ccc(-c2cn(-c3ccccc3F)nn2)cc1. The molecule has 0 bridgehead atoms. The number of hydrogen-bond acceptors (Lipinski definition) is 3. The molecule has 0 spiro atoms. The van der Waals surface area contributed by atoms with Crippen molar-refractivity contribution in [1.82, 2.24) is 15.0 Å². The fourth-order valence-electron chi connectivity index (χ4n) is 1.93. The molecule has 0 atom stereocenters. The Labute approximate surface area is 119 Å². The van der Waals surface area contributed by atoms with E-state index in [2.05, 4.69) is 10.3 Å². The maximum atomic E-state index is 13.7. The Morgan fingerprint density at radius 2 is 1.81 bits per heavy atom. The van der Waals surface area contributed by atoms with Crippen molar-refractivity contribution in [3.05, 3.63) is 66.1 Å². The smallest absolute Gasteiger partial charge is 0.335 e. The van der Waals surface area contributed by atoms with Gasteiger partial charge in [0.05, 0.1) is 11.8 Å². The zero-order valence-electron chi connectivity index (χ0n) is 10.8. The normalized spacial score (nSPS) is 10.5. The standard InChI is InChI=1S/C15H10FN3O2/c16-12-3-1-2-4-14(12)19-9-13(17-18-19)10-5-7-11(8-6-10)15(20)21/h1-9H,(H,20,21). The minimum atomic E-state index is -0.989. The number of halogens is 1. The van der Waals surface area contributed by atoms with Gasteiger partial charge >= 0.3 is 5.97 Å². The molecule has 0 saturated carbocycles. The maximum absolute atomic E-state index is 13.7. The molecule has 0 saturated heterocycles. The molecule has 0 aliphatic heterocycles. The van der Waals surface area contributed by atoms with Gasteiger partial charge in [0.15, 0.2) is 0 Å². The fraction of sp³-hybridized carbons (Fsp3) is 0. The number of para-hydroxylation sites is 1. The molecule has 3 rings (SSSR count). The van der Waals surface area contributed by atoms with Crippen molar-refractivity contribution < 1.29 is 14.3 Å². The maximum Gasteiger partial charge on any atom is 0.335 e. The van der Waals surface area contributed by atoms with E-state index < -0.39 is 11.8 Å². The van der Waals surface area contributed by atoms with Crippen molar-refractivity contribution in [2.45, 2.75) is 0 Å². The second-order valence-corrected chi connectivity index (χ2v) is 4.38. The Kier molecular flexibility index (Phi) is 3.19. The molecule has 3 aromatic rings. The van der Waals surface area contributed by atoms with Crippen LogP contribution in [0.5, 0.6) is 0 Å². The second-order valence-electron chi connectivity index (χ2n) is 4.38. The van der Waals surface area contributed by atoms with Gasteiger partial charge in [-0.1, -0.05) is 29.5 Å². The first kappa shape index (κ1) is 13.0. The number of benzene rings is 2. The van der Waals surface area contributed by atoms with E-state index >= 15 is 0 Å². The minimum absolute atomic E-state index is 0.195. The van der Waals surface area contributed by atoms with Crippen molar-refractivity contribution in [2.24, 2.45) is 0 Å². The van der Waals surface area contributed by atoms with Crippen LogP contribution in [0.4, 0.5) is 4.39 Å². The molecule has 0 radical (unpaired) electrons. The summed E-state index contributed by atoms with van der Waals surface area (Å²) >= 11 is 0. The number of carboxylic acid groups (broad SMARTS) is 1. The first-order chi connectivity index (χ1) is 10.1. The highest BCUT2D eigenvalue weighted by molar-refractivity contribution is 5.88. The van der Waals surface area contributed by atoms with Gasteiger partial charge in [-0.2, -0.15) is 0 Å². The van der Waals surface area contributed by atoms with E-state index in [0.717, 1.165) is 0 Å². The highest BCUT2D eigenvalue weighted by atomic mass is 19.1. The molecule has 0 unspecified atom stereocenters. The highest BCUT2D eigenvalue weighted by Crippen LogP contribution is 2.19. The van der Waals surface area contributed by atoms with Crippen molar-refractivity contribution in [2.75, 3.05) is 0 Å². The molecule has 104 valence electrons. The predicted octanol–water partition coefficient (Wildman–Crippen LogP) is 2.77. The summed E-state index contributed by atoms with van der Waals surface area (Å²) in [5, 5.41) is 16.7. The summed E-state index contributed by atoms with van der Waals surface area (Å²) in [6.45, 7) is 0. The molecule has 2 aromatic carbocycles. The minimum Gasteiger partial charge on any atom is -0.478 e. The van der Waals surface area contributed by atoms with Crippen molar-refractivity contribution in [3.8, 4) is 16.9 Å². The molecule has 1 heterocycles. The number of aromatic carboxylic acids is 1. The Balaban J connectivity index is 1.95. The van der Waals surface area contributed by atoms with Crippen LogP contribution in [0.1, 0.15) is 10.4 Å². The van der Waals surface area contributed by atoms with Crippen molar-refractivity contribution >= 4 is 5.97 Å². The first-order valence-corrected chi connectivity index (χ1v) is 6.16. The van der Waals surface area contributed by atoms with Crippen LogP contribution in [0.25, 0.3) is 16.9 Å². The average Bonchev–Trinajstić information content (AvgIpc) is 2.97. The van der Waals surface area contributed by atoms with E-state index in [-0.39, 0.29) is 5.56 Å². The Morgan fingerprint density at radius 3 is 2.48 bits per heavy atom. The quantitative estimate of drug-likeness (QED) is 0.802. The van der Waals surface area contributed by atoms with Gasteiger partial charge in [0, 0.05) is 5.56 Å². The van der Waals surface area contributed by atoms with E-state index in [4.69, 9.17) is 5.11 Å². The highest BCUT2D eigenvalue weighted by Gasteiger charge is 2.09. The number of aromatic nitrogens is 3. The van der Waals surface area contributed by atoms with Crippen LogP contribution in [-0.2, 0) is 0 Å². The van der Waals surface area contributed by atoms with Crippen LogP contribution in [-0.4, -0.2) is 26.1 Å². The molecule has 5 nitrogen and oxygen atoms in total. The first-order valence-electron chi connectivity index (χ1n) is 6.16. The molecule has 0 fully saturated rings. The lowest BCUT2D eigenvalue weighted by Gasteiger charge is -2.00. The second kappa shape index (κ2) is 5.16. The Bertz CT molecular complexity index is 797. The molecule has 0 aliphatic carbocycles. The number of rotatable bonds is 3. The Hall–Kier alpha value is -3.02. The third kappa shape index (κ3) is 2.51. The van der Waals surface area contributed by atoms with Crippen LogP contribution < -0.4 is 0 Å². The molecule has 0 amide bonds. The Morgan fingerprint density at radius 1 is 1.10 bits per heavy atom. The van der Waals surface area contributed by atoms with Crippen LogP contribution in [0.2, 0.25) is 0 Å². The van der Waals surface area contributed by atoms with E-state index in [9.17, 15) is 9.18 Å². The molecule has 6 heteroatoms. The largest absolute Gasteiger partial charge is 0.478 e. The van der Waals surface area contributed by atoms with E-state index in [1.54, 1.807) is 36.5 Å². The van der Waals surface area contributed by atoms with Gasteiger partial charge in [-0.05, 0) is 24.3 Å². The van der Waals surface area contributed by atoms with Gasteiger partial charge in [-0.15, -0.1) is 5.10 Å². The molecular weight excluding hydrogens is 273 g/mol. The van der Waals surface area contributed by atoms with Gasteiger partial charge in [0.2, 0.25) is 0 Å². The van der Waals surface area contributed by atoms with Crippen molar-refractivity contribution in [3.63, 3.8) is 0 Å². The molecular formula is C15H10FN3O2. The lowest BCUT2D eigenvalue weighted by Crippen LogP contribution is -1.97. The van der Waals surface area contributed by atoms with Gasteiger partial charge in [0.25, 0.3) is 0 Å². The molecule has 1 N–H and O–H groups in total. The molecule has 1 aromatic heterocycles. The monoisotopic (exact) mass is 283 g/mol. The summed E-state index contributed by atoms with van der Waals surface area (Å²) in [7, 11) is 0. The number of nitrogens with zero attached hydrogens (tertiary/aromatic N) is 3. The van der Waals surface area contributed by atoms with E-state index in [0.29, 0.717) is 16.9 Å². The third-order valence-electron chi connectivity index (χ3n) is 3.02. The summed E-state index contributed by atoms with van der Waals surface area (Å²) in [6.07, 6.45) is 1.59. The predicted molar refractivity (Wildman–Crippen MR) is 73.7 cm³/mol. The third-order valence-corrected chi connectivity index (χ3v) is 3.02.